The van der Waals surface area contributed by atoms with Crippen molar-refractivity contribution >= 4 is 10.9 Å². The molecule has 1 aromatic carbocycles. The molecule has 0 atom stereocenters. The lowest BCUT2D eigenvalue weighted by Gasteiger charge is -2.09. The van der Waals surface area contributed by atoms with Gasteiger partial charge >= 0.3 is 0 Å². The van der Waals surface area contributed by atoms with Gasteiger partial charge in [-0.15, -0.1) is 0 Å². The number of hydrogen-bond acceptors (Lipinski definition) is 2. The number of aryl methyl sites for hydroxylation is 1. The summed E-state index contributed by atoms with van der Waals surface area (Å²) in [6.07, 6.45) is 0. The van der Waals surface area contributed by atoms with Crippen LogP contribution >= 0.6 is 0 Å². The Morgan fingerprint density at radius 1 is 1.40 bits per heavy atom. The van der Waals surface area contributed by atoms with Crippen LogP contribution < -0.4 is 5.73 Å². The number of benzene rings is 1. The van der Waals surface area contributed by atoms with Crippen molar-refractivity contribution < 1.29 is 0 Å². The first-order valence-corrected chi connectivity index (χ1v) is 5.32. The second kappa shape index (κ2) is 3.66. The van der Waals surface area contributed by atoms with E-state index >= 15 is 0 Å². The van der Waals surface area contributed by atoms with E-state index in [1.807, 2.05) is 16.8 Å². The molecule has 0 aliphatic heterocycles. The average Bonchev–Trinajstić information content (AvgIpc) is 2.57. The van der Waals surface area contributed by atoms with Gasteiger partial charge in [0.1, 0.15) is 0 Å². The lowest BCUT2D eigenvalue weighted by molar-refractivity contribution is 0.515. The molecular weight excluding hydrogens is 186 g/mol. The summed E-state index contributed by atoms with van der Waals surface area (Å²) in [6, 6.07) is 6.54. The number of aromatic nitrogens is 2. The van der Waals surface area contributed by atoms with E-state index in [0.29, 0.717) is 12.6 Å². The van der Waals surface area contributed by atoms with Crippen molar-refractivity contribution in [3.8, 4) is 0 Å². The molecule has 3 nitrogen and oxygen atoms in total. The highest BCUT2D eigenvalue weighted by molar-refractivity contribution is 5.85. The predicted octanol–water partition coefficient (Wildman–Crippen LogP) is 2.38. The Balaban J connectivity index is 2.80. The first-order chi connectivity index (χ1) is 7.15. The lowest BCUT2D eigenvalue weighted by atomic mass is 10.1. The summed E-state index contributed by atoms with van der Waals surface area (Å²) in [7, 11) is 0. The SMILES string of the molecule is Cc1cccc2nn(C(C)C)c(CN)c12. The molecule has 3 heteroatoms. The van der Waals surface area contributed by atoms with Gasteiger partial charge in [-0.3, -0.25) is 4.68 Å². The van der Waals surface area contributed by atoms with Gasteiger partial charge in [0.25, 0.3) is 0 Å². The standard InChI is InChI=1S/C12H17N3/c1-8(2)15-11(7-13)12-9(3)5-4-6-10(12)14-15/h4-6,8H,7,13H2,1-3H3. The van der Waals surface area contributed by atoms with Gasteiger partial charge in [0, 0.05) is 18.0 Å². The van der Waals surface area contributed by atoms with E-state index in [0.717, 1.165) is 11.2 Å². The molecule has 0 radical (unpaired) electrons. The molecule has 2 aromatic rings. The third-order valence-corrected chi connectivity index (χ3v) is 2.71. The molecule has 0 aliphatic rings. The predicted molar refractivity (Wildman–Crippen MR) is 62.7 cm³/mol. The summed E-state index contributed by atoms with van der Waals surface area (Å²) in [6.45, 7) is 6.90. The van der Waals surface area contributed by atoms with Crippen LogP contribution in [0.1, 0.15) is 31.1 Å². The molecule has 1 aromatic heterocycles. The second-order valence-electron chi connectivity index (χ2n) is 4.16. The van der Waals surface area contributed by atoms with Crippen LogP contribution in [0.2, 0.25) is 0 Å². The maximum atomic E-state index is 5.81. The zero-order valence-corrected chi connectivity index (χ0v) is 9.49. The summed E-state index contributed by atoms with van der Waals surface area (Å²) >= 11 is 0. The van der Waals surface area contributed by atoms with Gasteiger partial charge in [-0.1, -0.05) is 12.1 Å². The fourth-order valence-electron chi connectivity index (χ4n) is 2.02. The number of nitrogens with zero attached hydrogens (tertiary/aromatic N) is 2. The molecular formula is C12H17N3. The normalized spacial score (nSPS) is 11.5. The number of nitrogens with two attached hydrogens (primary N) is 1. The highest BCUT2D eigenvalue weighted by Gasteiger charge is 2.13. The lowest BCUT2D eigenvalue weighted by Crippen LogP contribution is -2.11. The molecule has 0 unspecified atom stereocenters. The molecule has 2 rings (SSSR count). The van der Waals surface area contributed by atoms with Crippen molar-refractivity contribution in [2.24, 2.45) is 5.73 Å². The van der Waals surface area contributed by atoms with Gasteiger partial charge in [-0.05, 0) is 32.4 Å². The van der Waals surface area contributed by atoms with E-state index in [9.17, 15) is 0 Å². The molecule has 0 saturated heterocycles. The first kappa shape index (κ1) is 10.2. The second-order valence-corrected chi connectivity index (χ2v) is 4.16. The summed E-state index contributed by atoms with van der Waals surface area (Å²) in [5, 5.41) is 5.80. The molecule has 0 aliphatic carbocycles. The zero-order valence-electron chi connectivity index (χ0n) is 9.49. The Bertz CT molecular complexity index is 483. The molecule has 0 spiro atoms. The van der Waals surface area contributed by atoms with Gasteiger partial charge in [0.05, 0.1) is 11.2 Å². The van der Waals surface area contributed by atoms with Crippen molar-refractivity contribution in [2.45, 2.75) is 33.4 Å². The highest BCUT2D eigenvalue weighted by atomic mass is 15.3. The maximum absolute atomic E-state index is 5.81. The average molecular weight is 203 g/mol. The minimum absolute atomic E-state index is 0.357. The maximum Gasteiger partial charge on any atom is 0.0929 e. The van der Waals surface area contributed by atoms with Crippen LogP contribution in [-0.2, 0) is 6.54 Å². The third-order valence-electron chi connectivity index (χ3n) is 2.71. The van der Waals surface area contributed by atoms with Crippen LogP contribution in [0.25, 0.3) is 10.9 Å². The quantitative estimate of drug-likeness (QED) is 0.814. The van der Waals surface area contributed by atoms with E-state index in [-0.39, 0.29) is 0 Å². The fraction of sp³-hybridized carbons (Fsp3) is 0.417. The first-order valence-electron chi connectivity index (χ1n) is 5.32. The van der Waals surface area contributed by atoms with E-state index in [4.69, 9.17) is 5.73 Å². The van der Waals surface area contributed by atoms with Crippen LogP contribution in [-0.4, -0.2) is 9.78 Å². The van der Waals surface area contributed by atoms with Crippen LogP contribution in [0.4, 0.5) is 0 Å². The van der Waals surface area contributed by atoms with Gasteiger partial charge in [-0.2, -0.15) is 5.10 Å². The topological polar surface area (TPSA) is 43.8 Å². The zero-order chi connectivity index (χ0) is 11.0. The van der Waals surface area contributed by atoms with E-state index in [2.05, 4.69) is 31.9 Å². The van der Waals surface area contributed by atoms with Crippen molar-refractivity contribution in [2.75, 3.05) is 0 Å². The van der Waals surface area contributed by atoms with Gasteiger partial charge in [0.2, 0.25) is 0 Å². The molecule has 0 bridgehead atoms. The number of rotatable bonds is 2. The van der Waals surface area contributed by atoms with E-state index in [1.54, 1.807) is 0 Å². The van der Waals surface area contributed by atoms with Crippen LogP contribution in [0.3, 0.4) is 0 Å². The Labute approximate surface area is 89.9 Å². The van der Waals surface area contributed by atoms with Gasteiger partial charge < -0.3 is 5.73 Å². The van der Waals surface area contributed by atoms with Gasteiger partial charge in [0.15, 0.2) is 0 Å². The smallest absolute Gasteiger partial charge is 0.0929 e. The minimum atomic E-state index is 0.357. The minimum Gasteiger partial charge on any atom is -0.325 e. The van der Waals surface area contributed by atoms with Crippen LogP contribution in [0, 0.1) is 6.92 Å². The van der Waals surface area contributed by atoms with Crippen molar-refractivity contribution in [3.05, 3.63) is 29.5 Å². The Morgan fingerprint density at radius 2 is 2.13 bits per heavy atom. The van der Waals surface area contributed by atoms with E-state index < -0.39 is 0 Å². The highest BCUT2D eigenvalue weighted by Crippen LogP contribution is 2.24. The van der Waals surface area contributed by atoms with Crippen LogP contribution in [0.5, 0.6) is 0 Å². The molecule has 0 fully saturated rings. The Kier molecular flexibility index (Phi) is 2.49. The monoisotopic (exact) mass is 203 g/mol. The summed E-state index contributed by atoms with van der Waals surface area (Å²) < 4.78 is 2.03. The molecule has 1 heterocycles. The Morgan fingerprint density at radius 3 is 2.73 bits per heavy atom. The van der Waals surface area contributed by atoms with Gasteiger partial charge in [-0.25, -0.2) is 0 Å². The molecule has 2 N–H and O–H groups in total. The molecule has 15 heavy (non-hydrogen) atoms. The van der Waals surface area contributed by atoms with Crippen LogP contribution in [0.15, 0.2) is 18.2 Å². The third kappa shape index (κ3) is 1.53. The van der Waals surface area contributed by atoms with Crippen molar-refractivity contribution in [3.63, 3.8) is 0 Å². The number of hydrogen-bond donors (Lipinski definition) is 1. The van der Waals surface area contributed by atoms with Crippen molar-refractivity contribution in [1.29, 1.82) is 0 Å². The summed E-state index contributed by atoms with van der Waals surface area (Å²) in [5.41, 5.74) is 9.24. The fourth-order valence-corrected chi connectivity index (χ4v) is 2.02. The largest absolute Gasteiger partial charge is 0.325 e. The summed E-state index contributed by atoms with van der Waals surface area (Å²) in [5.74, 6) is 0. The Hall–Kier alpha value is -1.35. The molecule has 0 amide bonds. The molecule has 80 valence electrons. The number of fused-ring (bicyclic) bond motifs is 1. The van der Waals surface area contributed by atoms with Crippen molar-refractivity contribution in [1.82, 2.24) is 9.78 Å². The summed E-state index contributed by atoms with van der Waals surface area (Å²) in [4.78, 5) is 0. The molecule has 0 saturated carbocycles. The van der Waals surface area contributed by atoms with E-state index in [1.165, 1.54) is 10.9 Å².